The topological polar surface area (TPSA) is 68.0 Å². The van der Waals surface area contributed by atoms with E-state index >= 15 is 0 Å². The van der Waals surface area contributed by atoms with Gasteiger partial charge in [-0.3, -0.25) is 9.78 Å². The number of amides is 1. The summed E-state index contributed by atoms with van der Waals surface area (Å²) in [4.78, 5) is 16.1. The third kappa shape index (κ3) is 4.15. The fraction of sp³-hybridized carbons (Fsp3) is 0.538. The smallest absolute Gasteiger partial charge is 0.224 e. The van der Waals surface area contributed by atoms with Gasteiger partial charge in [-0.1, -0.05) is 13.3 Å². The summed E-state index contributed by atoms with van der Waals surface area (Å²) in [5.41, 5.74) is 8.17. The molecule has 1 unspecified atom stereocenters. The lowest BCUT2D eigenvalue weighted by atomic mass is 10.0. The van der Waals surface area contributed by atoms with E-state index in [4.69, 9.17) is 5.73 Å². The molecule has 1 aromatic rings. The van der Waals surface area contributed by atoms with Crippen molar-refractivity contribution in [2.75, 3.05) is 11.9 Å². The van der Waals surface area contributed by atoms with E-state index in [2.05, 4.69) is 10.3 Å². The number of carbonyl (C=O) groups excluding carboxylic acids is 1. The van der Waals surface area contributed by atoms with Gasteiger partial charge in [0.1, 0.15) is 0 Å². The molecule has 0 aliphatic carbocycles. The molecule has 3 N–H and O–H groups in total. The first kappa shape index (κ1) is 13.6. The zero-order valence-corrected chi connectivity index (χ0v) is 10.8. The van der Waals surface area contributed by atoms with Crippen molar-refractivity contribution in [3.63, 3.8) is 0 Å². The van der Waals surface area contributed by atoms with Crippen molar-refractivity contribution < 1.29 is 4.79 Å². The summed E-state index contributed by atoms with van der Waals surface area (Å²) in [6.07, 6.45) is 1.40. The molecular formula is C13H21N3O. The zero-order chi connectivity index (χ0) is 12.8. The Bertz CT molecular complexity index is 386. The van der Waals surface area contributed by atoms with E-state index in [-0.39, 0.29) is 11.8 Å². The van der Waals surface area contributed by atoms with Crippen LogP contribution in [0.3, 0.4) is 0 Å². The van der Waals surface area contributed by atoms with Gasteiger partial charge in [0.05, 0.1) is 11.4 Å². The molecule has 1 amide bonds. The Hall–Kier alpha value is -1.42. The first-order valence-corrected chi connectivity index (χ1v) is 6.01. The Kier molecular flexibility index (Phi) is 5.10. The van der Waals surface area contributed by atoms with Gasteiger partial charge in [0.2, 0.25) is 5.91 Å². The van der Waals surface area contributed by atoms with E-state index in [0.717, 1.165) is 23.5 Å². The summed E-state index contributed by atoms with van der Waals surface area (Å²) in [5.74, 6) is 0.268. The second-order valence-corrected chi connectivity index (χ2v) is 4.35. The van der Waals surface area contributed by atoms with Crippen LogP contribution in [0.5, 0.6) is 0 Å². The minimum atomic E-state index is 0.0102. The van der Waals surface area contributed by atoms with Crippen molar-refractivity contribution in [3.05, 3.63) is 23.5 Å². The average Bonchev–Trinajstić information content (AvgIpc) is 2.29. The number of anilines is 1. The van der Waals surface area contributed by atoms with Gasteiger partial charge in [-0.15, -0.1) is 0 Å². The van der Waals surface area contributed by atoms with E-state index < -0.39 is 0 Å². The quantitative estimate of drug-likeness (QED) is 0.820. The number of aryl methyl sites for hydroxylation is 2. The molecule has 4 nitrogen and oxygen atoms in total. The van der Waals surface area contributed by atoms with E-state index in [1.54, 1.807) is 0 Å². The number of aromatic nitrogens is 1. The highest BCUT2D eigenvalue weighted by Gasteiger charge is 2.11. The largest absolute Gasteiger partial charge is 0.330 e. The molecular weight excluding hydrogens is 214 g/mol. The van der Waals surface area contributed by atoms with Gasteiger partial charge in [-0.25, -0.2) is 0 Å². The lowest BCUT2D eigenvalue weighted by Crippen LogP contribution is -2.22. The number of nitrogens with zero attached hydrogens (tertiary/aromatic N) is 1. The zero-order valence-electron chi connectivity index (χ0n) is 10.8. The molecule has 0 aliphatic heterocycles. The van der Waals surface area contributed by atoms with E-state index in [1.165, 1.54) is 0 Å². The fourth-order valence-corrected chi connectivity index (χ4v) is 1.68. The highest BCUT2D eigenvalue weighted by atomic mass is 16.1. The average molecular weight is 235 g/mol. The van der Waals surface area contributed by atoms with Crippen LogP contribution in [0.4, 0.5) is 5.69 Å². The highest BCUT2D eigenvalue weighted by Crippen LogP contribution is 2.14. The molecule has 1 aromatic heterocycles. The standard InChI is InChI=1S/C13H21N3O/c1-4-11(8-14)7-13(17)16-12-6-5-9(2)15-10(12)3/h5-6,11H,4,7-8,14H2,1-3H3,(H,16,17). The first-order valence-electron chi connectivity index (χ1n) is 6.01. The third-order valence-electron chi connectivity index (χ3n) is 2.88. The van der Waals surface area contributed by atoms with Crippen molar-refractivity contribution in [2.24, 2.45) is 11.7 Å². The molecule has 0 spiro atoms. The van der Waals surface area contributed by atoms with E-state index in [0.29, 0.717) is 13.0 Å². The minimum absolute atomic E-state index is 0.0102. The predicted molar refractivity (Wildman–Crippen MR) is 69.8 cm³/mol. The van der Waals surface area contributed by atoms with Gasteiger partial charge in [0.15, 0.2) is 0 Å². The molecule has 94 valence electrons. The van der Waals surface area contributed by atoms with Crippen LogP contribution in [-0.2, 0) is 4.79 Å². The van der Waals surface area contributed by atoms with Gasteiger partial charge < -0.3 is 11.1 Å². The maximum Gasteiger partial charge on any atom is 0.224 e. The SMILES string of the molecule is CCC(CN)CC(=O)Nc1ccc(C)nc1C. The van der Waals surface area contributed by atoms with Crippen LogP contribution in [-0.4, -0.2) is 17.4 Å². The summed E-state index contributed by atoms with van der Waals surface area (Å²) >= 11 is 0. The molecule has 17 heavy (non-hydrogen) atoms. The van der Waals surface area contributed by atoms with Crippen LogP contribution in [0.15, 0.2) is 12.1 Å². The Morgan fingerprint density at radius 3 is 2.71 bits per heavy atom. The van der Waals surface area contributed by atoms with Crippen LogP contribution in [0, 0.1) is 19.8 Å². The van der Waals surface area contributed by atoms with Crippen LogP contribution in [0.25, 0.3) is 0 Å². The fourth-order valence-electron chi connectivity index (χ4n) is 1.68. The Balaban J connectivity index is 2.62. The van der Waals surface area contributed by atoms with Crippen molar-refractivity contribution in [1.82, 2.24) is 4.98 Å². The lowest BCUT2D eigenvalue weighted by molar-refractivity contribution is -0.117. The van der Waals surface area contributed by atoms with Gasteiger partial charge in [0, 0.05) is 12.1 Å². The van der Waals surface area contributed by atoms with Crippen LogP contribution >= 0.6 is 0 Å². The molecule has 0 radical (unpaired) electrons. The number of hydrogen-bond donors (Lipinski definition) is 2. The molecule has 1 heterocycles. The normalized spacial score (nSPS) is 12.2. The Labute approximate surface area is 103 Å². The Morgan fingerprint density at radius 2 is 2.18 bits per heavy atom. The van der Waals surface area contributed by atoms with Gasteiger partial charge >= 0.3 is 0 Å². The van der Waals surface area contributed by atoms with E-state index in [1.807, 2.05) is 32.9 Å². The Morgan fingerprint density at radius 1 is 1.47 bits per heavy atom. The van der Waals surface area contributed by atoms with Crippen LogP contribution in [0.2, 0.25) is 0 Å². The number of pyridine rings is 1. The first-order chi connectivity index (χ1) is 8.06. The van der Waals surface area contributed by atoms with Crippen molar-refractivity contribution in [1.29, 1.82) is 0 Å². The lowest BCUT2D eigenvalue weighted by Gasteiger charge is -2.13. The van der Waals surface area contributed by atoms with E-state index in [9.17, 15) is 4.79 Å². The maximum atomic E-state index is 11.8. The predicted octanol–water partition coefficient (Wildman–Crippen LogP) is 2.01. The molecule has 4 heteroatoms. The second-order valence-electron chi connectivity index (χ2n) is 4.35. The maximum absolute atomic E-state index is 11.8. The molecule has 0 saturated carbocycles. The monoisotopic (exact) mass is 235 g/mol. The summed E-state index contributed by atoms with van der Waals surface area (Å²) in [6.45, 7) is 6.42. The molecule has 0 fully saturated rings. The number of rotatable bonds is 5. The number of hydrogen-bond acceptors (Lipinski definition) is 3. The summed E-state index contributed by atoms with van der Waals surface area (Å²) < 4.78 is 0. The minimum Gasteiger partial charge on any atom is -0.330 e. The van der Waals surface area contributed by atoms with Crippen molar-refractivity contribution >= 4 is 11.6 Å². The van der Waals surface area contributed by atoms with Gasteiger partial charge in [0.25, 0.3) is 0 Å². The van der Waals surface area contributed by atoms with Gasteiger partial charge in [-0.2, -0.15) is 0 Å². The molecule has 1 rings (SSSR count). The summed E-state index contributed by atoms with van der Waals surface area (Å²) in [5, 5.41) is 2.88. The second kappa shape index (κ2) is 6.35. The van der Waals surface area contributed by atoms with Gasteiger partial charge in [-0.05, 0) is 38.4 Å². The molecule has 1 atom stereocenters. The molecule has 0 bridgehead atoms. The number of nitrogens with two attached hydrogens (primary N) is 1. The number of nitrogens with one attached hydrogen (secondary N) is 1. The van der Waals surface area contributed by atoms with Crippen LogP contribution < -0.4 is 11.1 Å². The highest BCUT2D eigenvalue weighted by molar-refractivity contribution is 5.91. The van der Waals surface area contributed by atoms with Crippen LogP contribution in [0.1, 0.15) is 31.2 Å². The van der Waals surface area contributed by atoms with Crippen molar-refractivity contribution in [2.45, 2.75) is 33.6 Å². The molecule has 0 aromatic carbocycles. The summed E-state index contributed by atoms with van der Waals surface area (Å²) in [6, 6.07) is 3.78. The van der Waals surface area contributed by atoms with Crippen molar-refractivity contribution in [3.8, 4) is 0 Å². The molecule has 0 aliphatic rings. The summed E-state index contributed by atoms with van der Waals surface area (Å²) in [7, 11) is 0. The molecule has 0 saturated heterocycles. The number of carbonyl (C=O) groups is 1. The third-order valence-corrected chi connectivity index (χ3v) is 2.88.